The van der Waals surface area contributed by atoms with Gasteiger partial charge in [-0.25, -0.2) is 9.78 Å². The Morgan fingerprint density at radius 2 is 2.09 bits per heavy atom. The summed E-state index contributed by atoms with van der Waals surface area (Å²) in [6.45, 7) is -0.251. The third-order valence-corrected chi connectivity index (χ3v) is 5.76. The van der Waals surface area contributed by atoms with Gasteiger partial charge in [0.1, 0.15) is 17.0 Å². The molecule has 1 atom stereocenters. The van der Waals surface area contributed by atoms with Crippen LogP contribution in [0.4, 0.5) is 5.13 Å². The van der Waals surface area contributed by atoms with Crippen molar-refractivity contribution in [3.05, 3.63) is 39.9 Å². The summed E-state index contributed by atoms with van der Waals surface area (Å²) in [4.78, 5) is 40.9. The monoisotopic (exact) mass is 476 g/mol. The molecule has 1 aliphatic rings. The van der Waals surface area contributed by atoms with Crippen LogP contribution in [0.3, 0.4) is 0 Å². The first-order chi connectivity index (χ1) is 15.6. The van der Waals surface area contributed by atoms with Crippen LogP contribution < -0.4 is 10.4 Å². The SMILES string of the molecule is CN(CC(=O)O)Cc1ccc2c(c1C(=O)O)OB(O)[C@@H](CC(=O)/C(=N\O)c1csc(N)n1)C2. The number of hydrogen-bond donors (Lipinski definition) is 5. The molecular weight excluding hydrogens is 455 g/mol. The summed E-state index contributed by atoms with van der Waals surface area (Å²) in [5.41, 5.74) is 5.98. The van der Waals surface area contributed by atoms with Crippen molar-refractivity contribution in [2.75, 3.05) is 19.3 Å². The van der Waals surface area contributed by atoms with Crippen LogP contribution in [-0.2, 0) is 22.6 Å². The second-order valence-corrected chi connectivity index (χ2v) is 8.47. The molecule has 14 heteroatoms. The van der Waals surface area contributed by atoms with E-state index in [2.05, 4.69) is 10.1 Å². The zero-order valence-corrected chi connectivity index (χ0v) is 18.3. The molecule has 1 aliphatic heterocycles. The minimum absolute atomic E-state index is 0.0248. The fourth-order valence-electron chi connectivity index (χ4n) is 3.66. The van der Waals surface area contributed by atoms with E-state index in [1.54, 1.807) is 12.1 Å². The average molecular weight is 476 g/mol. The molecule has 0 aliphatic carbocycles. The van der Waals surface area contributed by atoms with Crippen LogP contribution in [0, 0.1) is 0 Å². The molecule has 0 bridgehead atoms. The molecule has 0 saturated carbocycles. The molecule has 1 aromatic heterocycles. The van der Waals surface area contributed by atoms with E-state index in [9.17, 15) is 29.7 Å². The summed E-state index contributed by atoms with van der Waals surface area (Å²) in [5.74, 6) is -3.70. The lowest BCUT2D eigenvalue weighted by Gasteiger charge is -2.29. The number of thiazole rings is 1. The zero-order valence-electron chi connectivity index (χ0n) is 17.5. The maximum atomic E-state index is 12.7. The number of fused-ring (bicyclic) bond motifs is 1. The Bertz CT molecular complexity index is 1120. The number of benzene rings is 1. The van der Waals surface area contributed by atoms with E-state index in [0.717, 1.165) is 11.3 Å². The smallest absolute Gasteiger partial charge is 0.526 e. The predicted molar refractivity (Wildman–Crippen MR) is 118 cm³/mol. The van der Waals surface area contributed by atoms with E-state index >= 15 is 0 Å². The standard InChI is InChI=1S/C19H21BN4O8S/c1-24(7-14(26)27)6-10-3-2-9-4-11(20(30)32-17(9)15(10)18(28)29)5-13(25)16(23-31)12-8-33-19(21)22-12/h2-3,8,11,30-31H,4-7H2,1H3,(H2,21,22)(H,26,27)(H,28,29)/b23-16-/t11-/m1/s1. The van der Waals surface area contributed by atoms with Gasteiger partial charge in [-0.1, -0.05) is 17.3 Å². The van der Waals surface area contributed by atoms with Crippen molar-refractivity contribution in [3.63, 3.8) is 0 Å². The topological polar surface area (TPSA) is 196 Å². The fraction of sp³-hybridized carbons (Fsp3) is 0.316. The summed E-state index contributed by atoms with van der Waals surface area (Å²) in [6.07, 6.45) is -0.116. The Morgan fingerprint density at radius 1 is 1.36 bits per heavy atom. The Balaban J connectivity index is 1.82. The van der Waals surface area contributed by atoms with Crippen molar-refractivity contribution < 1.29 is 39.5 Å². The van der Waals surface area contributed by atoms with Gasteiger partial charge < -0.3 is 30.8 Å². The summed E-state index contributed by atoms with van der Waals surface area (Å²) >= 11 is 1.07. The first-order valence-corrected chi connectivity index (χ1v) is 10.6. The third kappa shape index (κ3) is 5.47. The van der Waals surface area contributed by atoms with Gasteiger partial charge in [0, 0.05) is 24.2 Å². The predicted octanol–water partition coefficient (Wildman–Crippen LogP) is 0.563. The number of rotatable bonds is 9. The van der Waals surface area contributed by atoms with E-state index in [1.165, 1.54) is 17.3 Å². The zero-order chi connectivity index (χ0) is 24.3. The Morgan fingerprint density at radius 3 is 2.67 bits per heavy atom. The third-order valence-electron chi connectivity index (χ3n) is 5.09. The number of anilines is 1. The molecule has 3 rings (SSSR count). The van der Waals surface area contributed by atoms with Crippen LogP contribution in [0.25, 0.3) is 0 Å². The van der Waals surface area contributed by atoms with Crippen LogP contribution in [-0.4, -0.2) is 74.5 Å². The molecule has 174 valence electrons. The fourth-order valence-corrected chi connectivity index (χ4v) is 4.21. The van der Waals surface area contributed by atoms with Gasteiger partial charge in [0.15, 0.2) is 16.6 Å². The number of nitrogens with zero attached hydrogens (tertiary/aromatic N) is 3. The number of likely N-dealkylation sites (N-methyl/N-ethyl adjacent to an activating group) is 1. The Hall–Kier alpha value is -3.49. The van der Waals surface area contributed by atoms with Gasteiger partial charge in [-0.3, -0.25) is 14.5 Å². The number of carboxylic acid groups (broad SMARTS) is 2. The van der Waals surface area contributed by atoms with Crippen LogP contribution in [0.15, 0.2) is 22.7 Å². The highest BCUT2D eigenvalue weighted by molar-refractivity contribution is 7.13. The summed E-state index contributed by atoms with van der Waals surface area (Å²) in [7, 11) is 0.0410. The first-order valence-electron chi connectivity index (χ1n) is 9.70. The van der Waals surface area contributed by atoms with Crippen LogP contribution in [0.1, 0.15) is 33.6 Å². The van der Waals surface area contributed by atoms with Crippen molar-refractivity contribution in [1.82, 2.24) is 9.88 Å². The van der Waals surface area contributed by atoms with E-state index in [4.69, 9.17) is 15.5 Å². The number of carbonyl (C=O) groups is 3. The van der Waals surface area contributed by atoms with Gasteiger partial charge in [0.05, 0.1) is 6.54 Å². The molecule has 2 aromatic rings. The molecule has 0 saturated heterocycles. The lowest BCUT2D eigenvalue weighted by molar-refractivity contribution is -0.138. The van der Waals surface area contributed by atoms with Gasteiger partial charge in [0.2, 0.25) is 0 Å². The highest BCUT2D eigenvalue weighted by Gasteiger charge is 2.39. The molecule has 0 spiro atoms. The van der Waals surface area contributed by atoms with Crippen LogP contribution >= 0.6 is 11.3 Å². The number of nitrogen functional groups attached to an aromatic ring is 1. The minimum atomic E-state index is -1.49. The van der Waals surface area contributed by atoms with E-state index in [1.807, 2.05) is 0 Å². The van der Waals surface area contributed by atoms with E-state index in [-0.39, 0.29) is 53.8 Å². The van der Waals surface area contributed by atoms with Gasteiger partial charge >= 0.3 is 19.1 Å². The number of oxime groups is 1. The number of hydrogen-bond acceptors (Lipinski definition) is 11. The number of aromatic nitrogens is 1. The van der Waals surface area contributed by atoms with Crippen LogP contribution in [0.5, 0.6) is 5.75 Å². The number of ketones is 1. The first kappa shape index (κ1) is 24.2. The number of carboxylic acids is 2. The van der Waals surface area contributed by atoms with Crippen molar-refractivity contribution in [3.8, 4) is 5.75 Å². The van der Waals surface area contributed by atoms with Crippen molar-refractivity contribution in [2.24, 2.45) is 5.16 Å². The van der Waals surface area contributed by atoms with Gasteiger partial charge in [-0.2, -0.15) is 0 Å². The highest BCUT2D eigenvalue weighted by atomic mass is 32.1. The molecule has 12 nitrogen and oxygen atoms in total. The average Bonchev–Trinajstić information content (AvgIpc) is 3.14. The van der Waals surface area contributed by atoms with Crippen molar-refractivity contribution in [1.29, 1.82) is 0 Å². The molecule has 0 amide bonds. The molecule has 0 unspecified atom stereocenters. The van der Waals surface area contributed by atoms with Crippen molar-refractivity contribution in [2.45, 2.75) is 25.2 Å². The molecule has 2 heterocycles. The van der Waals surface area contributed by atoms with E-state index < -0.39 is 30.7 Å². The second-order valence-electron chi connectivity index (χ2n) is 7.58. The number of nitrogens with two attached hydrogens (primary N) is 1. The largest absolute Gasteiger partial charge is 0.535 e. The molecular formula is C19H21BN4O8S. The molecule has 0 radical (unpaired) electrons. The summed E-state index contributed by atoms with van der Waals surface area (Å²) in [6, 6.07) is 3.18. The highest BCUT2D eigenvalue weighted by Crippen LogP contribution is 2.38. The van der Waals surface area contributed by atoms with E-state index in [0.29, 0.717) is 11.1 Å². The summed E-state index contributed by atoms with van der Waals surface area (Å²) in [5, 5.41) is 43.1. The van der Waals surface area contributed by atoms with Gasteiger partial charge in [-0.15, -0.1) is 11.3 Å². The lowest BCUT2D eigenvalue weighted by Crippen LogP contribution is -2.37. The Kier molecular flexibility index (Phi) is 7.31. The number of aromatic carboxylic acids is 1. The Labute approximate surface area is 192 Å². The quantitative estimate of drug-likeness (QED) is 0.147. The molecule has 0 fully saturated rings. The maximum absolute atomic E-state index is 12.7. The minimum Gasteiger partial charge on any atom is -0.535 e. The molecule has 6 N–H and O–H groups in total. The normalized spacial score (nSPS) is 15.8. The number of aliphatic carboxylic acids is 1. The van der Waals surface area contributed by atoms with Gasteiger partial charge in [-0.05, 0) is 24.6 Å². The summed E-state index contributed by atoms with van der Waals surface area (Å²) < 4.78 is 5.52. The molecule has 1 aromatic carbocycles. The molecule has 33 heavy (non-hydrogen) atoms. The lowest BCUT2D eigenvalue weighted by atomic mass is 9.64. The number of Topliss-reactive ketones (excluding diaryl/α,β-unsaturated/α-hetero) is 1. The number of carbonyl (C=O) groups excluding carboxylic acids is 1. The second kappa shape index (κ2) is 9.98. The van der Waals surface area contributed by atoms with Crippen molar-refractivity contribution >= 4 is 47.0 Å². The van der Waals surface area contributed by atoms with Crippen LogP contribution in [0.2, 0.25) is 5.82 Å². The van der Waals surface area contributed by atoms with Gasteiger partial charge in [0.25, 0.3) is 0 Å². The maximum Gasteiger partial charge on any atom is 0.526 e.